The molecule has 3 rings (SSSR count). The Morgan fingerprint density at radius 2 is 2.09 bits per heavy atom. The number of halogens is 1. The second-order valence-corrected chi connectivity index (χ2v) is 6.19. The van der Waals surface area contributed by atoms with Crippen molar-refractivity contribution >= 4 is 17.6 Å². The van der Waals surface area contributed by atoms with E-state index in [2.05, 4.69) is 22.1 Å². The molecule has 2 aromatic rings. The van der Waals surface area contributed by atoms with Crippen molar-refractivity contribution in [2.75, 3.05) is 20.1 Å². The molecule has 116 valence electrons. The number of hydrogen-bond donors (Lipinski definition) is 2. The first-order chi connectivity index (χ1) is 10.5. The highest BCUT2D eigenvalue weighted by Gasteiger charge is 2.21. The van der Waals surface area contributed by atoms with E-state index in [4.69, 9.17) is 16.7 Å². The van der Waals surface area contributed by atoms with Crippen molar-refractivity contribution in [2.24, 2.45) is 0 Å². The van der Waals surface area contributed by atoms with Gasteiger partial charge in [0.2, 0.25) is 0 Å². The Labute approximate surface area is 133 Å². The number of aromatic carboxylic acids is 1. The number of carbonyl (C=O) groups is 1. The number of carboxylic acids is 1. The van der Waals surface area contributed by atoms with Gasteiger partial charge in [0.05, 0.1) is 5.69 Å². The van der Waals surface area contributed by atoms with Crippen molar-refractivity contribution in [3.05, 3.63) is 40.5 Å². The van der Waals surface area contributed by atoms with E-state index in [0.717, 1.165) is 36.5 Å². The average molecular weight is 320 g/mol. The molecule has 0 atom stereocenters. The van der Waals surface area contributed by atoms with Crippen LogP contribution in [0.3, 0.4) is 0 Å². The Balaban J connectivity index is 1.83. The lowest BCUT2D eigenvalue weighted by molar-refractivity contribution is 0.0690. The van der Waals surface area contributed by atoms with E-state index in [0.29, 0.717) is 11.6 Å². The van der Waals surface area contributed by atoms with E-state index in [-0.39, 0.29) is 5.69 Å². The quantitative estimate of drug-likeness (QED) is 0.911. The van der Waals surface area contributed by atoms with Gasteiger partial charge in [-0.15, -0.1) is 0 Å². The Morgan fingerprint density at radius 3 is 2.68 bits per heavy atom. The normalized spacial score (nSPS) is 16.8. The second-order valence-electron chi connectivity index (χ2n) is 5.79. The topological polar surface area (TPSA) is 69.2 Å². The fourth-order valence-electron chi connectivity index (χ4n) is 2.92. The number of nitrogens with one attached hydrogen (secondary N) is 1. The monoisotopic (exact) mass is 319 g/mol. The summed E-state index contributed by atoms with van der Waals surface area (Å²) in [5, 5.41) is 16.2. The highest BCUT2D eigenvalue weighted by Crippen LogP contribution is 2.34. The van der Waals surface area contributed by atoms with Crippen LogP contribution in [0, 0.1) is 0 Å². The van der Waals surface area contributed by atoms with Gasteiger partial charge in [-0.3, -0.25) is 5.10 Å². The molecule has 0 spiro atoms. The molecule has 0 unspecified atom stereocenters. The first-order valence-corrected chi connectivity index (χ1v) is 7.69. The molecule has 5 nitrogen and oxygen atoms in total. The summed E-state index contributed by atoms with van der Waals surface area (Å²) in [6.07, 6.45) is 2.22. The van der Waals surface area contributed by atoms with Crippen LogP contribution in [-0.2, 0) is 0 Å². The fourth-order valence-corrected chi connectivity index (χ4v) is 3.25. The lowest BCUT2D eigenvalue weighted by Crippen LogP contribution is -2.29. The largest absolute Gasteiger partial charge is 0.477 e. The van der Waals surface area contributed by atoms with Crippen molar-refractivity contribution < 1.29 is 9.90 Å². The number of H-pyrrole nitrogens is 1. The highest BCUT2D eigenvalue weighted by atomic mass is 35.5. The van der Waals surface area contributed by atoms with E-state index in [1.165, 1.54) is 11.6 Å². The maximum Gasteiger partial charge on any atom is 0.353 e. The van der Waals surface area contributed by atoms with Crippen LogP contribution in [0.2, 0.25) is 5.02 Å². The molecular weight excluding hydrogens is 302 g/mol. The standard InChI is InChI=1S/C16H18ClN3O2/c1-20-6-4-10(5-7-20)12-3-2-11(8-13(12)17)14-9-15(16(21)22)19-18-14/h2-3,8-10H,4-7H2,1H3,(H,18,19)(H,21,22). The Morgan fingerprint density at radius 1 is 1.36 bits per heavy atom. The first-order valence-electron chi connectivity index (χ1n) is 7.31. The predicted molar refractivity (Wildman–Crippen MR) is 85.5 cm³/mol. The third-order valence-corrected chi connectivity index (χ3v) is 4.59. The molecule has 1 saturated heterocycles. The molecular formula is C16H18ClN3O2. The number of nitrogens with zero attached hydrogens (tertiary/aromatic N) is 2. The summed E-state index contributed by atoms with van der Waals surface area (Å²) in [6.45, 7) is 2.17. The van der Waals surface area contributed by atoms with E-state index in [1.54, 1.807) is 0 Å². The van der Waals surface area contributed by atoms with E-state index in [9.17, 15) is 4.79 Å². The van der Waals surface area contributed by atoms with Crippen LogP contribution in [0.25, 0.3) is 11.3 Å². The minimum Gasteiger partial charge on any atom is -0.477 e. The van der Waals surface area contributed by atoms with Crippen molar-refractivity contribution in [1.82, 2.24) is 15.1 Å². The number of carboxylic acid groups (broad SMARTS) is 1. The van der Waals surface area contributed by atoms with Gasteiger partial charge in [0, 0.05) is 10.6 Å². The summed E-state index contributed by atoms with van der Waals surface area (Å²) in [6, 6.07) is 7.39. The molecule has 0 radical (unpaired) electrons. The lowest BCUT2D eigenvalue weighted by Gasteiger charge is -2.29. The molecule has 2 heterocycles. The minimum atomic E-state index is -1.02. The first kappa shape index (κ1) is 15.1. The Bertz CT molecular complexity index is 690. The zero-order valence-corrected chi connectivity index (χ0v) is 13.1. The zero-order chi connectivity index (χ0) is 15.7. The van der Waals surface area contributed by atoms with Crippen molar-refractivity contribution in [3.63, 3.8) is 0 Å². The van der Waals surface area contributed by atoms with Gasteiger partial charge in [-0.2, -0.15) is 5.10 Å². The Kier molecular flexibility index (Phi) is 4.18. The maximum atomic E-state index is 10.9. The van der Waals surface area contributed by atoms with Crippen LogP contribution >= 0.6 is 11.6 Å². The summed E-state index contributed by atoms with van der Waals surface area (Å²) < 4.78 is 0. The Hall–Kier alpha value is -1.85. The van der Waals surface area contributed by atoms with Gasteiger partial charge >= 0.3 is 5.97 Å². The number of hydrogen-bond acceptors (Lipinski definition) is 3. The molecule has 0 bridgehead atoms. The number of piperidine rings is 1. The van der Waals surface area contributed by atoms with E-state index in [1.807, 2.05) is 18.2 Å². The molecule has 1 aromatic carbocycles. The van der Waals surface area contributed by atoms with Gasteiger partial charge in [0.15, 0.2) is 0 Å². The van der Waals surface area contributed by atoms with Crippen LogP contribution in [0.4, 0.5) is 0 Å². The molecule has 0 aliphatic carbocycles. The SMILES string of the molecule is CN1CCC(c2ccc(-c3cc(C(=O)O)[nH]n3)cc2Cl)CC1. The van der Waals surface area contributed by atoms with Crippen LogP contribution in [0.5, 0.6) is 0 Å². The van der Waals surface area contributed by atoms with Crippen LogP contribution in [0.1, 0.15) is 34.8 Å². The van der Waals surface area contributed by atoms with Crippen LogP contribution in [0.15, 0.2) is 24.3 Å². The maximum absolute atomic E-state index is 10.9. The number of aromatic nitrogens is 2. The highest BCUT2D eigenvalue weighted by molar-refractivity contribution is 6.31. The molecule has 1 aromatic heterocycles. The van der Waals surface area contributed by atoms with E-state index < -0.39 is 5.97 Å². The molecule has 0 saturated carbocycles. The fraction of sp³-hybridized carbons (Fsp3) is 0.375. The number of benzene rings is 1. The van der Waals surface area contributed by atoms with Crippen LogP contribution < -0.4 is 0 Å². The molecule has 1 aliphatic rings. The van der Waals surface area contributed by atoms with Crippen molar-refractivity contribution in [3.8, 4) is 11.3 Å². The summed E-state index contributed by atoms with van der Waals surface area (Å²) in [5.74, 6) is -0.528. The van der Waals surface area contributed by atoms with Gasteiger partial charge in [0.25, 0.3) is 0 Å². The van der Waals surface area contributed by atoms with Gasteiger partial charge in [-0.05, 0) is 56.6 Å². The van der Waals surface area contributed by atoms with Crippen molar-refractivity contribution in [2.45, 2.75) is 18.8 Å². The van der Waals surface area contributed by atoms with E-state index >= 15 is 0 Å². The molecule has 1 aliphatic heterocycles. The molecule has 1 fully saturated rings. The third kappa shape index (κ3) is 3.00. The van der Waals surface area contributed by atoms with Gasteiger partial charge in [-0.1, -0.05) is 23.7 Å². The second kappa shape index (κ2) is 6.10. The lowest BCUT2D eigenvalue weighted by atomic mass is 9.89. The minimum absolute atomic E-state index is 0.0746. The average Bonchev–Trinajstić information content (AvgIpc) is 2.98. The van der Waals surface area contributed by atoms with Gasteiger partial charge in [-0.25, -0.2) is 4.79 Å². The smallest absolute Gasteiger partial charge is 0.353 e. The van der Waals surface area contributed by atoms with Crippen LogP contribution in [-0.4, -0.2) is 46.3 Å². The van der Waals surface area contributed by atoms with Gasteiger partial charge < -0.3 is 10.0 Å². The molecule has 22 heavy (non-hydrogen) atoms. The summed E-state index contributed by atoms with van der Waals surface area (Å²) in [5.41, 5.74) is 2.66. The summed E-state index contributed by atoms with van der Waals surface area (Å²) in [7, 11) is 2.14. The molecule has 0 amide bonds. The third-order valence-electron chi connectivity index (χ3n) is 4.26. The summed E-state index contributed by atoms with van der Waals surface area (Å²) >= 11 is 6.45. The van der Waals surface area contributed by atoms with Crippen molar-refractivity contribution in [1.29, 1.82) is 0 Å². The molecule has 2 N–H and O–H groups in total. The summed E-state index contributed by atoms with van der Waals surface area (Å²) in [4.78, 5) is 13.2. The number of likely N-dealkylation sites (tertiary alicyclic amines) is 1. The predicted octanol–water partition coefficient (Wildman–Crippen LogP) is 3.24. The zero-order valence-electron chi connectivity index (χ0n) is 12.3. The van der Waals surface area contributed by atoms with Gasteiger partial charge in [0.1, 0.15) is 5.69 Å². The number of rotatable bonds is 3. The number of aromatic amines is 1. The molecule has 6 heteroatoms.